The third-order valence-corrected chi connectivity index (χ3v) is 3.06. The normalized spacial score (nSPS) is 18.8. The summed E-state index contributed by atoms with van der Waals surface area (Å²) in [7, 11) is 0. The van der Waals surface area contributed by atoms with Gasteiger partial charge in [0.1, 0.15) is 4.92 Å². The summed E-state index contributed by atoms with van der Waals surface area (Å²) in [4.78, 5) is 23.7. The Morgan fingerprint density at radius 2 is 2.44 bits per heavy atom. The number of carbonyl (C=O) groups excluding carboxylic acids is 1. The summed E-state index contributed by atoms with van der Waals surface area (Å²) in [5, 5.41) is 13.7. The van der Waals surface area contributed by atoms with Crippen LogP contribution in [0.2, 0.25) is 0 Å². The molecule has 2 heterocycles. The number of hydrogen-bond acceptors (Lipinski definition) is 5. The quantitative estimate of drug-likeness (QED) is 0.639. The van der Waals surface area contributed by atoms with E-state index < -0.39 is 10.8 Å². The second-order valence-electron chi connectivity index (χ2n) is 4.13. The van der Waals surface area contributed by atoms with Crippen molar-refractivity contribution in [1.29, 1.82) is 0 Å². The molecule has 7 nitrogen and oxygen atoms in total. The highest BCUT2D eigenvalue weighted by Gasteiger charge is 2.28. The SMILES string of the molecule is CCN(C(=O)c1ccc([N+](=O)[O-])o1)C1CCNC1. The predicted octanol–water partition coefficient (Wildman–Crippen LogP) is 1.01. The fourth-order valence-electron chi connectivity index (χ4n) is 2.16. The molecule has 7 heteroatoms. The highest BCUT2D eigenvalue weighted by Crippen LogP contribution is 2.19. The number of nitro groups is 1. The first-order valence-electron chi connectivity index (χ1n) is 5.89. The Kier molecular flexibility index (Phi) is 3.61. The van der Waals surface area contributed by atoms with Gasteiger partial charge in [-0.15, -0.1) is 0 Å². The molecule has 0 radical (unpaired) electrons. The van der Waals surface area contributed by atoms with Gasteiger partial charge >= 0.3 is 5.88 Å². The largest absolute Gasteiger partial charge is 0.433 e. The van der Waals surface area contributed by atoms with Gasteiger partial charge in [0.25, 0.3) is 5.91 Å². The Labute approximate surface area is 104 Å². The first-order chi connectivity index (χ1) is 8.63. The van der Waals surface area contributed by atoms with Crippen LogP contribution >= 0.6 is 0 Å². The number of hydrogen-bond donors (Lipinski definition) is 1. The van der Waals surface area contributed by atoms with Crippen molar-refractivity contribution in [2.45, 2.75) is 19.4 Å². The van der Waals surface area contributed by atoms with E-state index in [-0.39, 0.29) is 17.7 Å². The molecule has 1 fully saturated rings. The minimum atomic E-state index is -0.649. The first-order valence-corrected chi connectivity index (χ1v) is 5.89. The van der Waals surface area contributed by atoms with Crippen molar-refractivity contribution in [3.63, 3.8) is 0 Å². The van der Waals surface area contributed by atoms with Gasteiger partial charge in [0.05, 0.1) is 6.07 Å². The molecule has 0 saturated carbocycles. The fourth-order valence-corrected chi connectivity index (χ4v) is 2.16. The summed E-state index contributed by atoms with van der Waals surface area (Å²) in [6.07, 6.45) is 0.891. The van der Waals surface area contributed by atoms with Crippen LogP contribution in [0.15, 0.2) is 16.5 Å². The van der Waals surface area contributed by atoms with E-state index in [9.17, 15) is 14.9 Å². The molecule has 1 aromatic heterocycles. The standard InChI is InChI=1S/C11H15N3O4/c1-2-13(8-5-6-12-7-8)11(15)9-3-4-10(18-9)14(16)17/h3-4,8,12H,2,5-7H2,1H3. The molecule has 0 aromatic carbocycles. The van der Waals surface area contributed by atoms with E-state index in [1.54, 1.807) is 4.90 Å². The summed E-state index contributed by atoms with van der Waals surface area (Å²) in [6.45, 7) is 4.07. The molecule has 1 aromatic rings. The van der Waals surface area contributed by atoms with Gasteiger partial charge in [-0.1, -0.05) is 0 Å². The van der Waals surface area contributed by atoms with Crippen LogP contribution in [-0.2, 0) is 0 Å². The van der Waals surface area contributed by atoms with E-state index >= 15 is 0 Å². The monoisotopic (exact) mass is 253 g/mol. The van der Waals surface area contributed by atoms with Gasteiger partial charge in [-0.05, 0) is 26.0 Å². The smallest absolute Gasteiger partial charge is 0.395 e. The lowest BCUT2D eigenvalue weighted by Crippen LogP contribution is -2.41. The molecule has 1 atom stereocenters. The number of rotatable bonds is 4. The molecule has 0 spiro atoms. The molecule has 1 saturated heterocycles. The van der Waals surface area contributed by atoms with Crippen LogP contribution in [-0.4, -0.2) is 41.4 Å². The van der Waals surface area contributed by atoms with E-state index in [2.05, 4.69) is 5.32 Å². The van der Waals surface area contributed by atoms with E-state index in [0.29, 0.717) is 6.54 Å². The maximum atomic E-state index is 12.2. The van der Waals surface area contributed by atoms with Crippen LogP contribution in [0, 0.1) is 10.1 Å². The molecule has 1 amide bonds. The molecule has 18 heavy (non-hydrogen) atoms. The molecular weight excluding hydrogens is 238 g/mol. The fraction of sp³-hybridized carbons (Fsp3) is 0.545. The number of amides is 1. The number of carbonyl (C=O) groups is 1. The molecule has 0 aliphatic carbocycles. The van der Waals surface area contributed by atoms with Gasteiger partial charge in [0, 0.05) is 19.1 Å². The molecule has 1 aliphatic rings. The lowest BCUT2D eigenvalue weighted by molar-refractivity contribution is -0.402. The van der Waals surface area contributed by atoms with Crippen molar-refractivity contribution in [1.82, 2.24) is 10.2 Å². The van der Waals surface area contributed by atoms with Gasteiger partial charge in [-0.3, -0.25) is 14.9 Å². The van der Waals surface area contributed by atoms with E-state index in [0.717, 1.165) is 19.5 Å². The Morgan fingerprint density at radius 3 is 2.94 bits per heavy atom. The molecule has 0 bridgehead atoms. The summed E-state index contributed by atoms with van der Waals surface area (Å²) in [5.74, 6) is -0.673. The second-order valence-corrected chi connectivity index (χ2v) is 4.13. The van der Waals surface area contributed by atoms with Crippen LogP contribution < -0.4 is 5.32 Å². The summed E-state index contributed by atoms with van der Waals surface area (Å²) in [5.41, 5.74) is 0. The predicted molar refractivity (Wildman–Crippen MR) is 63.3 cm³/mol. The first kappa shape index (κ1) is 12.6. The van der Waals surface area contributed by atoms with Crippen molar-refractivity contribution in [2.75, 3.05) is 19.6 Å². The van der Waals surface area contributed by atoms with E-state index in [1.807, 2.05) is 6.92 Å². The highest BCUT2D eigenvalue weighted by molar-refractivity contribution is 5.92. The number of likely N-dealkylation sites (N-methyl/N-ethyl adjacent to an activating group) is 1. The Bertz CT molecular complexity index is 451. The van der Waals surface area contributed by atoms with E-state index in [4.69, 9.17) is 4.42 Å². The van der Waals surface area contributed by atoms with Gasteiger partial charge < -0.3 is 14.6 Å². The summed E-state index contributed by atoms with van der Waals surface area (Å²) in [6, 6.07) is 2.69. The third-order valence-electron chi connectivity index (χ3n) is 3.06. The van der Waals surface area contributed by atoms with Gasteiger partial charge in [0.15, 0.2) is 5.76 Å². The van der Waals surface area contributed by atoms with Crippen LogP contribution in [0.25, 0.3) is 0 Å². The zero-order valence-electron chi connectivity index (χ0n) is 10.1. The average Bonchev–Trinajstić information content (AvgIpc) is 3.01. The van der Waals surface area contributed by atoms with Crippen LogP contribution in [0.3, 0.4) is 0 Å². The molecule has 1 aliphatic heterocycles. The van der Waals surface area contributed by atoms with Crippen molar-refractivity contribution in [3.05, 3.63) is 28.0 Å². The van der Waals surface area contributed by atoms with Crippen molar-refractivity contribution in [2.24, 2.45) is 0 Å². The minimum Gasteiger partial charge on any atom is -0.395 e. The van der Waals surface area contributed by atoms with Crippen LogP contribution in [0.5, 0.6) is 0 Å². The van der Waals surface area contributed by atoms with Crippen molar-refractivity contribution in [3.8, 4) is 0 Å². The lowest BCUT2D eigenvalue weighted by Gasteiger charge is -2.25. The number of nitrogens with zero attached hydrogens (tertiary/aromatic N) is 2. The Hall–Kier alpha value is -1.89. The maximum Gasteiger partial charge on any atom is 0.433 e. The topological polar surface area (TPSA) is 88.6 Å². The molecule has 98 valence electrons. The molecule has 1 unspecified atom stereocenters. The summed E-state index contributed by atoms with van der Waals surface area (Å²) >= 11 is 0. The number of nitrogens with one attached hydrogen (secondary N) is 1. The van der Waals surface area contributed by atoms with E-state index in [1.165, 1.54) is 12.1 Å². The third kappa shape index (κ3) is 2.35. The number of furan rings is 1. The van der Waals surface area contributed by atoms with Crippen LogP contribution in [0.4, 0.5) is 5.88 Å². The second kappa shape index (κ2) is 5.18. The zero-order chi connectivity index (χ0) is 13.1. The van der Waals surface area contributed by atoms with Crippen molar-refractivity contribution >= 4 is 11.8 Å². The maximum absolute atomic E-state index is 12.2. The van der Waals surface area contributed by atoms with Gasteiger partial charge in [0.2, 0.25) is 0 Å². The molecule has 2 rings (SSSR count). The molecule has 1 N–H and O–H groups in total. The van der Waals surface area contributed by atoms with Crippen molar-refractivity contribution < 1.29 is 14.1 Å². The highest BCUT2D eigenvalue weighted by atomic mass is 16.6. The van der Waals surface area contributed by atoms with Crippen LogP contribution in [0.1, 0.15) is 23.9 Å². The summed E-state index contributed by atoms with van der Waals surface area (Å²) < 4.78 is 4.94. The van der Waals surface area contributed by atoms with Gasteiger partial charge in [-0.25, -0.2) is 0 Å². The average molecular weight is 253 g/mol. The molecular formula is C11H15N3O4. The lowest BCUT2D eigenvalue weighted by atomic mass is 10.2. The Balaban J connectivity index is 2.14. The Morgan fingerprint density at radius 1 is 1.67 bits per heavy atom. The zero-order valence-corrected chi connectivity index (χ0v) is 10.1. The minimum absolute atomic E-state index is 0.0236. The van der Waals surface area contributed by atoms with Gasteiger partial charge in [-0.2, -0.15) is 0 Å².